The standard InChI is InChI=1S/C17H21ClN2/c18-12-17(8-1-2-9-17)13-19-11-15-6-3-5-14-7-4-10-20-16(14)15/h3-7,10,19H,1-2,8-9,11-13H2. The number of aromatic nitrogens is 1. The van der Waals surface area contributed by atoms with Crippen LogP contribution in [-0.2, 0) is 6.54 Å². The molecule has 0 aliphatic heterocycles. The first-order valence-corrected chi connectivity index (χ1v) is 7.96. The average Bonchev–Trinajstić information content (AvgIpc) is 2.97. The molecule has 1 aromatic heterocycles. The molecule has 0 unspecified atom stereocenters. The first-order valence-electron chi connectivity index (χ1n) is 7.42. The SMILES string of the molecule is ClCC1(CNCc2cccc3cccnc23)CCCC1. The van der Waals surface area contributed by atoms with Gasteiger partial charge in [-0.25, -0.2) is 0 Å². The number of hydrogen-bond donors (Lipinski definition) is 1. The molecular weight excluding hydrogens is 268 g/mol. The molecule has 2 nitrogen and oxygen atoms in total. The molecule has 1 fully saturated rings. The molecule has 1 aromatic carbocycles. The van der Waals surface area contributed by atoms with Crippen LogP contribution in [0, 0.1) is 5.41 Å². The molecule has 2 aromatic rings. The summed E-state index contributed by atoms with van der Waals surface area (Å²) in [5.41, 5.74) is 2.69. The second-order valence-corrected chi connectivity index (χ2v) is 6.20. The maximum atomic E-state index is 6.19. The lowest BCUT2D eigenvalue weighted by molar-refractivity contribution is 0.320. The molecule has 0 radical (unpaired) electrons. The largest absolute Gasteiger partial charge is 0.312 e. The van der Waals surface area contributed by atoms with E-state index in [9.17, 15) is 0 Å². The van der Waals surface area contributed by atoms with E-state index in [0.717, 1.165) is 24.5 Å². The van der Waals surface area contributed by atoms with Gasteiger partial charge in [-0.1, -0.05) is 37.1 Å². The van der Waals surface area contributed by atoms with Crippen molar-refractivity contribution in [1.82, 2.24) is 10.3 Å². The fourth-order valence-corrected chi connectivity index (χ4v) is 3.62. The van der Waals surface area contributed by atoms with E-state index in [1.54, 1.807) is 0 Å². The van der Waals surface area contributed by atoms with Crippen molar-refractivity contribution in [3.05, 3.63) is 42.1 Å². The zero-order valence-corrected chi connectivity index (χ0v) is 12.5. The zero-order valence-electron chi connectivity index (χ0n) is 11.7. The fourth-order valence-electron chi connectivity index (χ4n) is 3.26. The lowest BCUT2D eigenvalue weighted by Crippen LogP contribution is -2.33. The number of halogens is 1. The number of pyridine rings is 1. The summed E-state index contributed by atoms with van der Waals surface area (Å²) in [4.78, 5) is 4.50. The minimum Gasteiger partial charge on any atom is -0.312 e. The van der Waals surface area contributed by atoms with E-state index >= 15 is 0 Å². The number of fused-ring (bicyclic) bond motifs is 1. The Morgan fingerprint density at radius 1 is 1.15 bits per heavy atom. The van der Waals surface area contributed by atoms with Crippen LogP contribution in [0.1, 0.15) is 31.2 Å². The molecule has 1 aliphatic carbocycles. The molecule has 1 N–H and O–H groups in total. The van der Waals surface area contributed by atoms with Crippen molar-refractivity contribution in [3.63, 3.8) is 0 Å². The number of para-hydroxylation sites is 1. The lowest BCUT2D eigenvalue weighted by atomic mass is 9.88. The van der Waals surface area contributed by atoms with E-state index in [4.69, 9.17) is 11.6 Å². The van der Waals surface area contributed by atoms with Crippen molar-refractivity contribution in [2.24, 2.45) is 5.41 Å². The predicted molar refractivity (Wildman–Crippen MR) is 85.1 cm³/mol. The maximum absolute atomic E-state index is 6.19. The highest BCUT2D eigenvalue weighted by Crippen LogP contribution is 2.38. The number of nitrogens with zero attached hydrogens (tertiary/aromatic N) is 1. The van der Waals surface area contributed by atoms with Crippen molar-refractivity contribution in [1.29, 1.82) is 0 Å². The first kappa shape index (κ1) is 13.8. The topological polar surface area (TPSA) is 24.9 Å². The van der Waals surface area contributed by atoms with Gasteiger partial charge in [-0.05, 0) is 29.9 Å². The van der Waals surface area contributed by atoms with Gasteiger partial charge in [0.05, 0.1) is 5.52 Å². The Morgan fingerprint density at radius 2 is 1.95 bits per heavy atom. The molecule has 106 valence electrons. The van der Waals surface area contributed by atoms with Crippen LogP contribution in [0.15, 0.2) is 36.5 Å². The highest BCUT2D eigenvalue weighted by Gasteiger charge is 2.32. The third kappa shape index (κ3) is 2.82. The Balaban J connectivity index is 1.68. The third-order valence-electron chi connectivity index (χ3n) is 4.48. The summed E-state index contributed by atoms with van der Waals surface area (Å²) in [7, 11) is 0. The van der Waals surface area contributed by atoms with Gasteiger partial charge in [-0.3, -0.25) is 4.98 Å². The van der Waals surface area contributed by atoms with Crippen molar-refractivity contribution in [3.8, 4) is 0 Å². The maximum Gasteiger partial charge on any atom is 0.0746 e. The van der Waals surface area contributed by atoms with Gasteiger partial charge in [0.15, 0.2) is 0 Å². The Morgan fingerprint density at radius 3 is 2.75 bits per heavy atom. The van der Waals surface area contributed by atoms with Gasteiger partial charge in [-0.15, -0.1) is 11.6 Å². The summed E-state index contributed by atoms with van der Waals surface area (Å²) in [6.45, 7) is 1.88. The van der Waals surface area contributed by atoms with Crippen LogP contribution < -0.4 is 5.32 Å². The average molecular weight is 289 g/mol. The van der Waals surface area contributed by atoms with E-state index in [1.807, 2.05) is 12.3 Å². The van der Waals surface area contributed by atoms with E-state index < -0.39 is 0 Å². The summed E-state index contributed by atoms with van der Waals surface area (Å²) in [6, 6.07) is 10.5. The number of alkyl halides is 1. The zero-order chi connectivity index (χ0) is 13.8. The van der Waals surface area contributed by atoms with Crippen LogP contribution in [0.3, 0.4) is 0 Å². The predicted octanol–water partition coefficient (Wildman–Crippen LogP) is 4.12. The van der Waals surface area contributed by atoms with Crippen molar-refractivity contribution in [2.75, 3.05) is 12.4 Å². The van der Waals surface area contributed by atoms with Gasteiger partial charge in [0.1, 0.15) is 0 Å². The molecule has 0 bridgehead atoms. The Bertz CT molecular complexity index is 571. The van der Waals surface area contributed by atoms with Gasteiger partial charge >= 0.3 is 0 Å². The van der Waals surface area contributed by atoms with Crippen LogP contribution in [0.5, 0.6) is 0 Å². The highest BCUT2D eigenvalue weighted by atomic mass is 35.5. The normalized spacial score (nSPS) is 17.6. The van der Waals surface area contributed by atoms with Gasteiger partial charge in [-0.2, -0.15) is 0 Å². The Hall–Kier alpha value is -1.12. The van der Waals surface area contributed by atoms with Gasteiger partial charge in [0, 0.05) is 30.6 Å². The number of benzene rings is 1. The molecule has 3 rings (SSSR count). The van der Waals surface area contributed by atoms with E-state index in [0.29, 0.717) is 5.41 Å². The smallest absolute Gasteiger partial charge is 0.0746 e. The molecule has 0 saturated heterocycles. The molecule has 20 heavy (non-hydrogen) atoms. The van der Waals surface area contributed by atoms with Gasteiger partial charge in [0.25, 0.3) is 0 Å². The minimum atomic E-state index is 0.319. The van der Waals surface area contributed by atoms with Crippen LogP contribution in [-0.4, -0.2) is 17.4 Å². The van der Waals surface area contributed by atoms with E-state index in [2.05, 4.69) is 34.6 Å². The molecule has 1 saturated carbocycles. The summed E-state index contributed by atoms with van der Waals surface area (Å²) in [6.07, 6.45) is 7.03. The summed E-state index contributed by atoms with van der Waals surface area (Å²) in [5, 5.41) is 4.81. The van der Waals surface area contributed by atoms with Gasteiger partial charge < -0.3 is 5.32 Å². The first-order chi connectivity index (χ1) is 9.83. The van der Waals surface area contributed by atoms with Crippen LogP contribution in [0.4, 0.5) is 0 Å². The molecular formula is C17H21ClN2. The van der Waals surface area contributed by atoms with E-state index in [1.165, 1.54) is 36.6 Å². The number of rotatable bonds is 5. The van der Waals surface area contributed by atoms with Gasteiger partial charge in [0.2, 0.25) is 0 Å². The van der Waals surface area contributed by atoms with Crippen LogP contribution in [0.2, 0.25) is 0 Å². The molecule has 1 aliphatic rings. The second kappa shape index (κ2) is 6.11. The quantitative estimate of drug-likeness (QED) is 0.837. The highest BCUT2D eigenvalue weighted by molar-refractivity contribution is 6.18. The number of hydrogen-bond acceptors (Lipinski definition) is 2. The van der Waals surface area contributed by atoms with Crippen molar-refractivity contribution in [2.45, 2.75) is 32.2 Å². The molecule has 3 heteroatoms. The monoisotopic (exact) mass is 288 g/mol. The van der Waals surface area contributed by atoms with Crippen molar-refractivity contribution >= 4 is 22.5 Å². The van der Waals surface area contributed by atoms with Crippen LogP contribution in [0.25, 0.3) is 10.9 Å². The molecule has 0 atom stereocenters. The number of nitrogens with one attached hydrogen (secondary N) is 1. The molecule has 0 amide bonds. The summed E-state index contributed by atoms with van der Waals surface area (Å²) >= 11 is 6.19. The Kier molecular flexibility index (Phi) is 4.23. The second-order valence-electron chi connectivity index (χ2n) is 5.94. The molecule has 0 spiro atoms. The lowest BCUT2D eigenvalue weighted by Gasteiger charge is -2.26. The summed E-state index contributed by atoms with van der Waals surface area (Å²) in [5.74, 6) is 0.772. The van der Waals surface area contributed by atoms with E-state index in [-0.39, 0.29) is 0 Å². The Labute approximate surface area is 125 Å². The molecule has 1 heterocycles. The fraction of sp³-hybridized carbons (Fsp3) is 0.471. The van der Waals surface area contributed by atoms with Crippen LogP contribution >= 0.6 is 11.6 Å². The third-order valence-corrected chi connectivity index (χ3v) is 5.05. The minimum absolute atomic E-state index is 0.319. The van der Waals surface area contributed by atoms with Crippen molar-refractivity contribution < 1.29 is 0 Å². The summed E-state index contributed by atoms with van der Waals surface area (Å²) < 4.78 is 0.